The summed E-state index contributed by atoms with van der Waals surface area (Å²) in [6, 6.07) is 19.7. The molecule has 0 bridgehead atoms. The third kappa shape index (κ3) is 3.46. The molecule has 0 fully saturated rings. The molecule has 0 aliphatic carbocycles. The lowest BCUT2D eigenvalue weighted by molar-refractivity contribution is 0.398. The van der Waals surface area contributed by atoms with Gasteiger partial charge >= 0.3 is 5.76 Å². The number of hydrogen-bond acceptors (Lipinski definition) is 5. The summed E-state index contributed by atoms with van der Waals surface area (Å²) < 4.78 is 36.3. The van der Waals surface area contributed by atoms with Crippen LogP contribution in [0.1, 0.15) is 18.5 Å². The van der Waals surface area contributed by atoms with Gasteiger partial charge in [-0.05, 0) is 48.9 Å². The minimum atomic E-state index is -3.82. The maximum atomic E-state index is 13.3. The van der Waals surface area contributed by atoms with E-state index >= 15 is 0 Å². The fourth-order valence-electron chi connectivity index (χ4n) is 3.94. The van der Waals surface area contributed by atoms with Crippen LogP contribution in [0.25, 0.3) is 27.8 Å². The Kier molecular flexibility index (Phi) is 4.95. The van der Waals surface area contributed by atoms with E-state index in [-0.39, 0.29) is 10.5 Å². The fourth-order valence-corrected chi connectivity index (χ4v) is 5.30. The Bertz CT molecular complexity index is 1650. The number of imidazole rings is 1. The predicted octanol–water partition coefficient (Wildman–Crippen LogP) is 3.85. The summed E-state index contributed by atoms with van der Waals surface area (Å²) in [5.41, 5.74) is 4.48. The molecule has 0 amide bonds. The number of para-hydroxylation sites is 2. The van der Waals surface area contributed by atoms with Crippen LogP contribution in [0.3, 0.4) is 0 Å². The van der Waals surface area contributed by atoms with Gasteiger partial charge < -0.3 is 4.42 Å². The maximum Gasteiger partial charge on any atom is 0.419 e. The summed E-state index contributed by atoms with van der Waals surface area (Å²) in [4.78, 5) is 16.2. The monoisotopic (exact) mass is 462 g/mol. The summed E-state index contributed by atoms with van der Waals surface area (Å²) in [6.07, 6.45) is 1.78. The Morgan fingerprint density at radius 2 is 1.73 bits per heavy atom. The van der Waals surface area contributed by atoms with Crippen LogP contribution in [-0.4, -0.2) is 33.9 Å². The Hall–Kier alpha value is -3.69. The minimum Gasteiger partial charge on any atom is -0.408 e. The second-order valence-corrected chi connectivity index (χ2v) is 9.95. The first-order valence-electron chi connectivity index (χ1n) is 10.4. The highest BCUT2D eigenvalue weighted by Gasteiger charge is 2.27. The number of aromatic nitrogens is 3. The maximum absolute atomic E-state index is 13.3. The quantitative estimate of drug-likeness (QED) is 0.396. The van der Waals surface area contributed by atoms with E-state index in [1.165, 1.54) is 21.0 Å². The summed E-state index contributed by atoms with van der Waals surface area (Å²) >= 11 is 0. The van der Waals surface area contributed by atoms with Crippen LogP contribution < -0.4 is 5.76 Å². The van der Waals surface area contributed by atoms with Crippen molar-refractivity contribution >= 4 is 32.2 Å². The number of benzene rings is 3. The van der Waals surface area contributed by atoms with Crippen molar-refractivity contribution in [3.63, 3.8) is 0 Å². The number of oxazole rings is 1. The molecule has 0 spiro atoms. The van der Waals surface area contributed by atoms with Gasteiger partial charge in [-0.2, -0.15) is 4.31 Å². The number of nitrogens with zero attached hydrogens (tertiary/aromatic N) is 4. The first-order chi connectivity index (χ1) is 15.8. The van der Waals surface area contributed by atoms with Gasteiger partial charge in [0.1, 0.15) is 6.33 Å². The molecule has 2 heterocycles. The highest BCUT2D eigenvalue weighted by Crippen LogP contribution is 2.28. The van der Waals surface area contributed by atoms with Gasteiger partial charge in [0, 0.05) is 31.9 Å². The first kappa shape index (κ1) is 21.2. The lowest BCUT2D eigenvalue weighted by Gasteiger charge is -2.25. The summed E-state index contributed by atoms with van der Waals surface area (Å²) in [7, 11) is -0.696. The predicted molar refractivity (Wildman–Crippen MR) is 126 cm³/mol. The molecule has 168 valence electrons. The molecule has 3 aromatic carbocycles. The van der Waals surface area contributed by atoms with Gasteiger partial charge in [0.2, 0.25) is 10.0 Å². The molecule has 5 aromatic rings. The molecule has 0 N–H and O–H groups in total. The van der Waals surface area contributed by atoms with Crippen molar-refractivity contribution < 1.29 is 12.8 Å². The SMILES string of the molecule is CC(c1ccc(-n2cnc3ccccc32)cc1)N(C)S(=O)(=O)c1ccc2c(c1)oc(=O)n2C. The molecule has 5 rings (SSSR count). The van der Waals surface area contributed by atoms with Crippen LogP contribution >= 0.6 is 0 Å². The summed E-state index contributed by atoms with van der Waals surface area (Å²) in [6.45, 7) is 1.83. The van der Waals surface area contributed by atoms with Gasteiger partial charge in [-0.15, -0.1) is 0 Å². The van der Waals surface area contributed by atoms with E-state index in [2.05, 4.69) is 4.98 Å². The van der Waals surface area contributed by atoms with Gasteiger partial charge in [0.15, 0.2) is 5.58 Å². The average molecular weight is 463 g/mol. The van der Waals surface area contributed by atoms with E-state index in [9.17, 15) is 13.2 Å². The first-order valence-corrected chi connectivity index (χ1v) is 11.8. The third-order valence-electron chi connectivity index (χ3n) is 6.09. The van der Waals surface area contributed by atoms with E-state index in [0.29, 0.717) is 5.52 Å². The minimum absolute atomic E-state index is 0.0696. The molecule has 1 atom stereocenters. The van der Waals surface area contributed by atoms with Crippen LogP contribution in [0.15, 0.2) is 87.2 Å². The lowest BCUT2D eigenvalue weighted by Crippen LogP contribution is -2.29. The van der Waals surface area contributed by atoms with Crippen molar-refractivity contribution in [3.05, 3.63) is 89.2 Å². The molecule has 0 aliphatic rings. The molecule has 0 radical (unpaired) electrons. The smallest absolute Gasteiger partial charge is 0.408 e. The molecule has 8 nitrogen and oxygen atoms in total. The second-order valence-electron chi connectivity index (χ2n) is 7.95. The Morgan fingerprint density at radius 3 is 2.48 bits per heavy atom. The fraction of sp³-hybridized carbons (Fsp3) is 0.167. The number of hydrogen-bond donors (Lipinski definition) is 0. The van der Waals surface area contributed by atoms with Gasteiger partial charge in [-0.1, -0.05) is 24.3 Å². The second kappa shape index (κ2) is 7.72. The topological polar surface area (TPSA) is 90.3 Å². The van der Waals surface area contributed by atoms with E-state index in [1.54, 1.807) is 26.5 Å². The molecule has 1 unspecified atom stereocenters. The van der Waals surface area contributed by atoms with E-state index in [4.69, 9.17) is 4.42 Å². The largest absolute Gasteiger partial charge is 0.419 e. The van der Waals surface area contributed by atoms with Gasteiger partial charge in [0.25, 0.3) is 0 Å². The zero-order chi connectivity index (χ0) is 23.3. The molecule has 33 heavy (non-hydrogen) atoms. The molecule has 0 saturated heterocycles. The normalized spacial score (nSPS) is 13.2. The van der Waals surface area contributed by atoms with Crippen molar-refractivity contribution in [2.75, 3.05) is 7.05 Å². The van der Waals surface area contributed by atoms with Crippen molar-refractivity contribution in [2.24, 2.45) is 7.05 Å². The Labute approximate surface area is 190 Å². The summed E-state index contributed by atoms with van der Waals surface area (Å²) in [5, 5.41) is 0. The number of sulfonamides is 1. The van der Waals surface area contributed by atoms with E-state index in [1.807, 2.05) is 60.0 Å². The van der Waals surface area contributed by atoms with Gasteiger partial charge in [-0.3, -0.25) is 9.13 Å². The van der Waals surface area contributed by atoms with Crippen LogP contribution in [0.5, 0.6) is 0 Å². The van der Waals surface area contributed by atoms with Crippen LogP contribution in [0.4, 0.5) is 0 Å². The number of rotatable bonds is 5. The van der Waals surface area contributed by atoms with Crippen molar-refractivity contribution in [2.45, 2.75) is 17.9 Å². The van der Waals surface area contributed by atoms with Crippen LogP contribution in [0, 0.1) is 0 Å². The number of fused-ring (bicyclic) bond motifs is 2. The highest BCUT2D eigenvalue weighted by atomic mass is 32.2. The van der Waals surface area contributed by atoms with Crippen molar-refractivity contribution in [3.8, 4) is 5.69 Å². The molecular formula is C24H22N4O4S. The lowest BCUT2D eigenvalue weighted by atomic mass is 10.1. The molecule has 2 aromatic heterocycles. The number of aryl methyl sites for hydroxylation is 1. The van der Waals surface area contributed by atoms with Gasteiger partial charge in [-0.25, -0.2) is 18.2 Å². The molecular weight excluding hydrogens is 440 g/mol. The highest BCUT2D eigenvalue weighted by molar-refractivity contribution is 7.89. The average Bonchev–Trinajstić information content (AvgIpc) is 3.38. The Morgan fingerprint density at radius 1 is 1.00 bits per heavy atom. The molecule has 9 heteroatoms. The van der Waals surface area contributed by atoms with E-state index < -0.39 is 21.8 Å². The van der Waals surface area contributed by atoms with Crippen LogP contribution in [-0.2, 0) is 17.1 Å². The van der Waals surface area contributed by atoms with Crippen molar-refractivity contribution in [1.29, 1.82) is 0 Å². The van der Waals surface area contributed by atoms with Crippen LogP contribution in [0.2, 0.25) is 0 Å². The van der Waals surface area contributed by atoms with Gasteiger partial charge in [0.05, 0.1) is 21.4 Å². The Balaban J connectivity index is 1.44. The van der Waals surface area contributed by atoms with E-state index in [0.717, 1.165) is 22.3 Å². The van der Waals surface area contributed by atoms with Crippen molar-refractivity contribution in [1.82, 2.24) is 18.4 Å². The standard InChI is InChI=1S/C24H22N4O4S/c1-16(17-8-10-18(11-9-17)28-15-25-20-6-4-5-7-21(20)28)27(3)33(30,31)19-12-13-22-23(14-19)32-24(29)26(22)2/h4-16H,1-3H3. The zero-order valence-electron chi connectivity index (χ0n) is 18.3. The molecule has 0 saturated carbocycles. The third-order valence-corrected chi connectivity index (χ3v) is 8.02. The zero-order valence-corrected chi connectivity index (χ0v) is 19.2. The summed E-state index contributed by atoms with van der Waals surface area (Å²) in [5.74, 6) is -0.535. The molecule has 0 aliphatic heterocycles.